The van der Waals surface area contributed by atoms with E-state index in [9.17, 15) is 5.11 Å². The number of hydrogen-bond donors (Lipinski definition) is 3. The van der Waals surface area contributed by atoms with Crippen molar-refractivity contribution in [3.8, 4) is 16.9 Å². The molecule has 8 nitrogen and oxygen atoms in total. The molecule has 33 heavy (non-hydrogen) atoms. The second-order valence-corrected chi connectivity index (χ2v) is 7.83. The predicted molar refractivity (Wildman–Crippen MR) is 134 cm³/mol. The third kappa shape index (κ3) is 6.33. The quantitative estimate of drug-likeness (QED) is 0.309. The fourth-order valence-electron chi connectivity index (χ4n) is 3.47. The van der Waals surface area contributed by atoms with Crippen LogP contribution in [-0.2, 0) is 4.74 Å². The zero-order valence-corrected chi connectivity index (χ0v) is 19.5. The molecule has 1 saturated heterocycles. The van der Waals surface area contributed by atoms with Crippen molar-refractivity contribution in [3.63, 3.8) is 0 Å². The SMILES string of the molecule is C=N/C(=C\C(=NCC)Oc1cc(N)ccc1-c1ccc(C(O)CN)c(Cl)c1)N1CCOCC1. The second kappa shape index (κ2) is 11.8. The predicted octanol–water partition coefficient (Wildman–Crippen LogP) is 3.25. The maximum absolute atomic E-state index is 10.1. The molecule has 9 heteroatoms. The lowest BCUT2D eigenvalue weighted by Crippen LogP contribution is -2.35. The summed E-state index contributed by atoms with van der Waals surface area (Å²) in [5.41, 5.74) is 14.3. The number of aliphatic hydroxyl groups excluding tert-OH is 1. The number of benzene rings is 2. The highest BCUT2D eigenvalue weighted by atomic mass is 35.5. The van der Waals surface area contributed by atoms with Crippen molar-refractivity contribution < 1.29 is 14.6 Å². The highest BCUT2D eigenvalue weighted by Crippen LogP contribution is 2.35. The van der Waals surface area contributed by atoms with Crippen molar-refractivity contribution in [1.29, 1.82) is 0 Å². The van der Waals surface area contributed by atoms with Crippen LogP contribution in [0.15, 0.2) is 58.3 Å². The van der Waals surface area contributed by atoms with E-state index >= 15 is 0 Å². The Morgan fingerprint density at radius 2 is 2.06 bits per heavy atom. The van der Waals surface area contributed by atoms with E-state index in [1.165, 1.54) is 0 Å². The molecule has 1 fully saturated rings. The number of rotatable bonds is 8. The van der Waals surface area contributed by atoms with Crippen LogP contribution >= 0.6 is 11.6 Å². The normalized spacial score (nSPS) is 15.9. The summed E-state index contributed by atoms with van der Waals surface area (Å²) in [6.07, 6.45) is 0.940. The van der Waals surface area contributed by atoms with Crippen molar-refractivity contribution in [1.82, 2.24) is 4.90 Å². The van der Waals surface area contributed by atoms with Gasteiger partial charge in [0.2, 0.25) is 5.90 Å². The summed E-state index contributed by atoms with van der Waals surface area (Å²) in [5.74, 6) is 1.57. The fourth-order valence-corrected chi connectivity index (χ4v) is 3.78. The van der Waals surface area contributed by atoms with E-state index in [1.54, 1.807) is 30.3 Å². The first-order valence-corrected chi connectivity index (χ1v) is 11.2. The molecule has 0 aromatic heterocycles. The van der Waals surface area contributed by atoms with Crippen LogP contribution < -0.4 is 16.2 Å². The molecule has 5 N–H and O–H groups in total. The van der Waals surface area contributed by atoms with Gasteiger partial charge in [0.25, 0.3) is 0 Å². The highest BCUT2D eigenvalue weighted by molar-refractivity contribution is 6.31. The van der Waals surface area contributed by atoms with Crippen molar-refractivity contribution in [3.05, 3.63) is 58.9 Å². The number of nitrogens with two attached hydrogens (primary N) is 2. The largest absolute Gasteiger partial charge is 0.439 e. The summed E-state index contributed by atoms with van der Waals surface area (Å²) >= 11 is 6.42. The maximum atomic E-state index is 10.1. The van der Waals surface area contributed by atoms with Crippen molar-refractivity contribution >= 4 is 29.9 Å². The molecule has 0 bridgehead atoms. The molecular weight excluding hydrogens is 442 g/mol. The molecule has 0 spiro atoms. The lowest BCUT2D eigenvalue weighted by atomic mass is 10.0. The summed E-state index contributed by atoms with van der Waals surface area (Å²) in [7, 11) is 0. The highest BCUT2D eigenvalue weighted by Gasteiger charge is 2.17. The number of anilines is 1. The van der Waals surface area contributed by atoms with Crippen LogP contribution in [0.4, 0.5) is 5.69 Å². The Labute approximate surface area is 199 Å². The first-order valence-electron chi connectivity index (χ1n) is 10.8. The van der Waals surface area contributed by atoms with Crippen LogP contribution in [0.1, 0.15) is 18.6 Å². The molecule has 1 unspecified atom stereocenters. The van der Waals surface area contributed by atoms with Crippen LogP contribution in [0.25, 0.3) is 11.1 Å². The summed E-state index contributed by atoms with van der Waals surface area (Å²) in [4.78, 5) is 10.7. The first kappa shape index (κ1) is 24.7. The standard InChI is InChI=1S/C24H30ClN5O3/c1-3-29-24(14-23(28-2)30-8-10-32-11-9-30)33-22-13-17(27)5-7-18(22)16-4-6-19(20(25)12-16)21(31)15-26/h4-7,12-14,21,31H,2-3,8-11,15,26-27H2,1H3/b23-14+,29-24?. The van der Waals surface area contributed by atoms with E-state index in [0.29, 0.717) is 66.6 Å². The summed E-state index contributed by atoms with van der Waals surface area (Å²) in [6, 6.07) is 10.8. The van der Waals surface area contributed by atoms with E-state index < -0.39 is 6.10 Å². The lowest BCUT2D eigenvalue weighted by molar-refractivity contribution is 0.0532. The van der Waals surface area contributed by atoms with Crippen LogP contribution in [0.3, 0.4) is 0 Å². The van der Waals surface area contributed by atoms with Gasteiger partial charge in [-0.25, -0.2) is 4.99 Å². The van der Waals surface area contributed by atoms with Gasteiger partial charge < -0.3 is 30.9 Å². The topological polar surface area (TPSA) is 119 Å². The van der Waals surface area contributed by atoms with Crippen LogP contribution in [0.5, 0.6) is 5.75 Å². The number of morpholine rings is 1. The molecule has 1 heterocycles. The van der Waals surface area contributed by atoms with Crippen LogP contribution in [-0.4, -0.2) is 62.0 Å². The third-order valence-electron chi connectivity index (χ3n) is 5.18. The molecule has 2 aromatic carbocycles. The van der Waals surface area contributed by atoms with Gasteiger partial charge in [0, 0.05) is 60.2 Å². The molecule has 0 aliphatic carbocycles. The molecular formula is C24H30ClN5O3. The number of nitrogen functional groups attached to an aromatic ring is 1. The van der Waals surface area contributed by atoms with E-state index in [2.05, 4.69) is 21.6 Å². The van der Waals surface area contributed by atoms with Gasteiger partial charge >= 0.3 is 0 Å². The lowest BCUT2D eigenvalue weighted by Gasteiger charge is -2.28. The molecule has 0 radical (unpaired) electrons. The number of hydrogen-bond acceptors (Lipinski definition) is 8. The average Bonchev–Trinajstić information content (AvgIpc) is 2.82. The smallest absolute Gasteiger partial charge is 0.218 e. The molecule has 0 amide bonds. The van der Waals surface area contributed by atoms with Gasteiger partial charge in [0.1, 0.15) is 11.6 Å². The average molecular weight is 472 g/mol. The number of halogens is 1. The molecule has 2 aromatic rings. The van der Waals surface area contributed by atoms with Crippen molar-refractivity contribution in [2.45, 2.75) is 13.0 Å². The Morgan fingerprint density at radius 3 is 2.70 bits per heavy atom. The van der Waals surface area contributed by atoms with Gasteiger partial charge in [-0.15, -0.1) is 0 Å². The summed E-state index contributed by atoms with van der Waals surface area (Å²) in [6.45, 7) is 8.92. The van der Waals surface area contributed by atoms with E-state index in [4.69, 9.17) is 32.5 Å². The molecule has 3 rings (SSSR count). The van der Waals surface area contributed by atoms with Gasteiger partial charge in [0.15, 0.2) is 0 Å². The van der Waals surface area contributed by atoms with Gasteiger partial charge in [-0.2, -0.15) is 0 Å². The summed E-state index contributed by atoms with van der Waals surface area (Å²) in [5, 5.41) is 10.5. The Balaban J connectivity index is 1.96. The Kier molecular flexibility index (Phi) is 8.85. The third-order valence-corrected chi connectivity index (χ3v) is 5.50. The van der Waals surface area contributed by atoms with Gasteiger partial charge in [-0.05, 0) is 37.4 Å². The molecule has 1 aliphatic heterocycles. The van der Waals surface area contributed by atoms with Gasteiger partial charge in [-0.3, -0.25) is 4.99 Å². The van der Waals surface area contributed by atoms with Crippen LogP contribution in [0.2, 0.25) is 5.02 Å². The second-order valence-electron chi connectivity index (χ2n) is 7.42. The van der Waals surface area contributed by atoms with Crippen molar-refractivity contribution in [2.24, 2.45) is 15.7 Å². The number of aliphatic imine (C=N–C) groups is 2. The molecule has 1 atom stereocenters. The van der Waals surface area contributed by atoms with Gasteiger partial charge in [0.05, 0.1) is 19.3 Å². The van der Waals surface area contributed by atoms with E-state index in [-0.39, 0.29) is 6.54 Å². The van der Waals surface area contributed by atoms with E-state index in [0.717, 1.165) is 11.1 Å². The Hall–Kier alpha value is -2.91. The maximum Gasteiger partial charge on any atom is 0.218 e. The monoisotopic (exact) mass is 471 g/mol. The Bertz CT molecular complexity index is 1030. The van der Waals surface area contributed by atoms with E-state index in [1.807, 2.05) is 19.1 Å². The number of ether oxygens (including phenoxy) is 2. The number of nitrogens with zero attached hydrogens (tertiary/aromatic N) is 3. The fraction of sp³-hybridized carbons (Fsp3) is 0.333. The van der Waals surface area contributed by atoms with Gasteiger partial charge in [-0.1, -0.05) is 23.7 Å². The zero-order chi connectivity index (χ0) is 23.8. The Morgan fingerprint density at radius 1 is 1.30 bits per heavy atom. The van der Waals surface area contributed by atoms with Crippen LogP contribution in [0, 0.1) is 0 Å². The molecule has 0 saturated carbocycles. The minimum Gasteiger partial charge on any atom is -0.439 e. The number of aliphatic hydroxyl groups is 1. The molecule has 1 aliphatic rings. The first-order chi connectivity index (χ1) is 16.0. The molecule has 176 valence electrons. The minimum atomic E-state index is -0.827. The minimum absolute atomic E-state index is 0.0846. The summed E-state index contributed by atoms with van der Waals surface area (Å²) < 4.78 is 11.6. The van der Waals surface area contributed by atoms with Crippen molar-refractivity contribution in [2.75, 3.05) is 45.1 Å². The zero-order valence-electron chi connectivity index (χ0n) is 18.7.